The highest BCUT2D eigenvalue weighted by atomic mass is 16.5. The summed E-state index contributed by atoms with van der Waals surface area (Å²) in [6.45, 7) is 2.65. The Morgan fingerprint density at radius 2 is 1.00 bits per heavy atom. The largest absolute Gasteiger partial charge is 0.496 e. The molecule has 190 valence electrons. The van der Waals surface area contributed by atoms with E-state index < -0.39 is 11.8 Å². The number of hydrogen-bond donors (Lipinski definition) is 4. The van der Waals surface area contributed by atoms with Gasteiger partial charge < -0.3 is 40.6 Å². The summed E-state index contributed by atoms with van der Waals surface area (Å²) in [5, 5.41) is 8.10. The monoisotopic (exact) mass is 488 g/mol. The molecule has 0 unspecified atom stereocenters. The van der Waals surface area contributed by atoms with Gasteiger partial charge >= 0.3 is 0 Å². The van der Waals surface area contributed by atoms with E-state index in [1.807, 2.05) is 6.92 Å². The van der Waals surface area contributed by atoms with Gasteiger partial charge in [-0.25, -0.2) is 0 Å². The predicted molar refractivity (Wildman–Crippen MR) is 130 cm³/mol. The standard InChI is InChI=1S/C24H32N4O7/c1-14-10-15(19(33-3)12-18(14)32-2)22(29)27-8-9-28-24(31)17-11-16(23(30)26-7-6-25)20(34-4)13-21(17)35-5/h10-13H,6-9,25H2,1-5H3,(H,26,30)(H,27,29)(H,28,31). The second-order valence-corrected chi connectivity index (χ2v) is 7.33. The second kappa shape index (κ2) is 13.0. The number of ether oxygens (including phenoxy) is 4. The number of carbonyl (C=O) groups is 3. The zero-order chi connectivity index (χ0) is 26.0. The van der Waals surface area contributed by atoms with E-state index in [2.05, 4.69) is 16.0 Å². The van der Waals surface area contributed by atoms with Gasteiger partial charge in [-0.2, -0.15) is 0 Å². The van der Waals surface area contributed by atoms with Gasteiger partial charge in [0.2, 0.25) is 0 Å². The van der Waals surface area contributed by atoms with Gasteiger partial charge in [-0.15, -0.1) is 0 Å². The highest BCUT2D eigenvalue weighted by Gasteiger charge is 2.21. The van der Waals surface area contributed by atoms with E-state index in [4.69, 9.17) is 24.7 Å². The minimum atomic E-state index is -0.482. The van der Waals surface area contributed by atoms with Gasteiger partial charge in [0.25, 0.3) is 17.7 Å². The van der Waals surface area contributed by atoms with Gasteiger partial charge in [0.15, 0.2) is 0 Å². The average molecular weight is 489 g/mol. The van der Waals surface area contributed by atoms with Crippen molar-refractivity contribution < 1.29 is 33.3 Å². The summed E-state index contributed by atoms with van der Waals surface area (Å²) in [4.78, 5) is 37.9. The van der Waals surface area contributed by atoms with Crippen molar-refractivity contribution in [3.05, 3.63) is 46.5 Å². The van der Waals surface area contributed by atoms with E-state index >= 15 is 0 Å². The lowest BCUT2D eigenvalue weighted by molar-refractivity contribution is 0.0923. The molecule has 3 amide bonds. The number of methoxy groups -OCH3 is 4. The molecule has 11 nitrogen and oxygen atoms in total. The van der Waals surface area contributed by atoms with E-state index in [0.717, 1.165) is 5.56 Å². The third-order valence-electron chi connectivity index (χ3n) is 5.10. The van der Waals surface area contributed by atoms with Crippen LogP contribution in [0.15, 0.2) is 24.3 Å². The first-order chi connectivity index (χ1) is 16.8. The molecular weight excluding hydrogens is 456 g/mol. The minimum absolute atomic E-state index is 0.131. The molecule has 5 N–H and O–H groups in total. The molecule has 2 aromatic carbocycles. The Kier molecular flexibility index (Phi) is 10.2. The summed E-state index contributed by atoms with van der Waals surface area (Å²) in [6.07, 6.45) is 0. The Bertz CT molecular complexity index is 1070. The van der Waals surface area contributed by atoms with E-state index in [-0.39, 0.29) is 54.7 Å². The van der Waals surface area contributed by atoms with Crippen molar-refractivity contribution in [3.8, 4) is 23.0 Å². The normalized spacial score (nSPS) is 10.2. The maximum absolute atomic E-state index is 12.8. The van der Waals surface area contributed by atoms with Crippen LogP contribution in [0.25, 0.3) is 0 Å². The van der Waals surface area contributed by atoms with E-state index in [1.54, 1.807) is 12.1 Å². The number of hydrogen-bond acceptors (Lipinski definition) is 8. The molecule has 0 spiro atoms. The van der Waals surface area contributed by atoms with E-state index in [1.165, 1.54) is 40.6 Å². The van der Waals surface area contributed by atoms with Gasteiger partial charge in [0.05, 0.1) is 45.1 Å². The number of aryl methyl sites for hydroxylation is 1. The number of benzene rings is 2. The Hall–Kier alpha value is -3.99. The molecule has 0 aliphatic carbocycles. The second-order valence-electron chi connectivity index (χ2n) is 7.33. The van der Waals surface area contributed by atoms with Crippen molar-refractivity contribution in [1.29, 1.82) is 0 Å². The summed E-state index contributed by atoms with van der Waals surface area (Å²) in [7, 11) is 5.83. The molecule has 0 saturated heterocycles. The molecule has 2 aromatic rings. The van der Waals surface area contributed by atoms with Crippen molar-refractivity contribution in [1.82, 2.24) is 16.0 Å². The first-order valence-corrected chi connectivity index (χ1v) is 10.8. The van der Waals surface area contributed by atoms with Gasteiger partial charge in [-0.3, -0.25) is 14.4 Å². The van der Waals surface area contributed by atoms with Crippen LogP contribution in [0.2, 0.25) is 0 Å². The Labute approximate surface area is 204 Å². The third-order valence-corrected chi connectivity index (χ3v) is 5.10. The molecule has 0 aliphatic heterocycles. The predicted octanol–water partition coefficient (Wildman–Crippen LogP) is 0.878. The molecule has 0 saturated carbocycles. The Morgan fingerprint density at radius 3 is 1.40 bits per heavy atom. The molecule has 0 fully saturated rings. The lowest BCUT2D eigenvalue weighted by Crippen LogP contribution is -2.35. The zero-order valence-corrected chi connectivity index (χ0v) is 20.6. The fourth-order valence-electron chi connectivity index (χ4n) is 3.31. The number of amides is 3. The van der Waals surface area contributed by atoms with Crippen molar-refractivity contribution in [2.75, 3.05) is 54.6 Å². The Morgan fingerprint density at radius 1 is 0.629 bits per heavy atom. The fourth-order valence-corrected chi connectivity index (χ4v) is 3.31. The lowest BCUT2D eigenvalue weighted by atomic mass is 10.1. The lowest BCUT2D eigenvalue weighted by Gasteiger charge is -2.15. The maximum Gasteiger partial charge on any atom is 0.255 e. The van der Waals surface area contributed by atoms with Crippen LogP contribution in [0.3, 0.4) is 0 Å². The summed E-state index contributed by atoms with van der Waals surface area (Å²) >= 11 is 0. The summed E-state index contributed by atoms with van der Waals surface area (Å²) in [5.41, 5.74) is 6.88. The first-order valence-electron chi connectivity index (χ1n) is 10.8. The molecule has 0 bridgehead atoms. The molecule has 11 heteroatoms. The third kappa shape index (κ3) is 6.76. The van der Waals surface area contributed by atoms with Crippen molar-refractivity contribution in [2.24, 2.45) is 5.73 Å². The number of carbonyl (C=O) groups excluding carboxylic acids is 3. The van der Waals surface area contributed by atoms with Crippen LogP contribution in [0, 0.1) is 6.92 Å². The molecule has 0 radical (unpaired) electrons. The zero-order valence-electron chi connectivity index (χ0n) is 20.6. The molecular formula is C24H32N4O7. The number of rotatable bonds is 12. The van der Waals surface area contributed by atoms with Gasteiger partial charge in [0, 0.05) is 38.3 Å². The molecule has 35 heavy (non-hydrogen) atoms. The summed E-state index contributed by atoms with van der Waals surface area (Å²) in [6, 6.07) is 6.17. The molecule has 0 aromatic heterocycles. The SMILES string of the molecule is COc1cc(OC)c(C(=O)NCCNC(=O)c2cc(C(=O)NCCN)c(OC)cc2OC)cc1C. The fraction of sp³-hybridized carbons (Fsp3) is 0.375. The van der Waals surface area contributed by atoms with Crippen LogP contribution in [-0.2, 0) is 0 Å². The molecule has 0 heterocycles. The number of nitrogens with one attached hydrogen (secondary N) is 3. The highest BCUT2D eigenvalue weighted by Crippen LogP contribution is 2.30. The first kappa shape index (κ1) is 27.3. The van der Waals surface area contributed by atoms with Crippen LogP contribution in [0.5, 0.6) is 23.0 Å². The smallest absolute Gasteiger partial charge is 0.255 e. The molecule has 0 atom stereocenters. The van der Waals surface area contributed by atoms with Crippen LogP contribution < -0.4 is 40.6 Å². The quantitative estimate of drug-likeness (QED) is 0.322. The van der Waals surface area contributed by atoms with E-state index in [9.17, 15) is 14.4 Å². The van der Waals surface area contributed by atoms with Crippen LogP contribution in [0.1, 0.15) is 36.6 Å². The Balaban J connectivity index is 2.08. The van der Waals surface area contributed by atoms with Crippen LogP contribution in [0.4, 0.5) is 0 Å². The van der Waals surface area contributed by atoms with Gasteiger partial charge in [-0.1, -0.05) is 0 Å². The maximum atomic E-state index is 12.8. The molecule has 0 aliphatic rings. The molecule has 2 rings (SSSR count). The van der Waals surface area contributed by atoms with Gasteiger partial charge in [-0.05, 0) is 24.6 Å². The van der Waals surface area contributed by atoms with E-state index in [0.29, 0.717) is 17.1 Å². The van der Waals surface area contributed by atoms with Gasteiger partial charge in [0.1, 0.15) is 23.0 Å². The summed E-state index contributed by atoms with van der Waals surface area (Å²) < 4.78 is 21.1. The van der Waals surface area contributed by atoms with Crippen LogP contribution >= 0.6 is 0 Å². The average Bonchev–Trinajstić information content (AvgIpc) is 2.88. The van der Waals surface area contributed by atoms with Crippen molar-refractivity contribution in [3.63, 3.8) is 0 Å². The van der Waals surface area contributed by atoms with Crippen molar-refractivity contribution >= 4 is 17.7 Å². The topological polar surface area (TPSA) is 150 Å². The minimum Gasteiger partial charge on any atom is -0.496 e. The summed E-state index contributed by atoms with van der Waals surface area (Å²) in [5.74, 6) is 0.195. The van der Waals surface area contributed by atoms with Crippen molar-refractivity contribution in [2.45, 2.75) is 6.92 Å². The number of nitrogens with two attached hydrogens (primary N) is 1. The highest BCUT2D eigenvalue weighted by molar-refractivity contribution is 6.03. The van der Waals surface area contributed by atoms with Crippen LogP contribution in [-0.4, -0.2) is 72.3 Å².